The van der Waals surface area contributed by atoms with Crippen molar-refractivity contribution in [3.05, 3.63) is 28.0 Å². The van der Waals surface area contributed by atoms with E-state index in [0.717, 1.165) is 12.1 Å². The Morgan fingerprint density at radius 2 is 2.07 bits per heavy atom. The molecule has 0 bridgehead atoms. The van der Waals surface area contributed by atoms with Gasteiger partial charge in [0, 0.05) is 0 Å². The van der Waals surface area contributed by atoms with Gasteiger partial charge in [-0.05, 0) is 28.1 Å². The standard InChI is InChI=1S/C8H6BrFO4/c9-6-3(10)1-2-4(11)5(6)7(12)8(13)14/h1-2,7,11-12H,(H,13,14). The molecule has 14 heavy (non-hydrogen) atoms. The fourth-order valence-electron chi connectivity index (χ4n) is 0.940. The normalized spacial score (nSPS) is 12.5. The lowest BCUT2D eigenvalue weighted by molar-refractivity contribution is -0.147. The lowest BCUT2D eigenvalue weighted by atomic mass is 10.1. The van der Waals surface area contributed by atoms with Crippen molar-refractivity contribution >= 4 is 21.9 Å². The number of benzene rings is 1. The van der Waals surface area contributed by atoms with E-state index in [0.29, 0.717) is 0 Å². The average Bonchev–Trinajstić information content (AvgIpc) is 2.12. The molecule has 0 saturated heterocycles. The van der Waals surface area contributed by atoms with Gasteiger partial charge >= 0.3 is 5.97 Å². The highest BCUT2D eigenvalue weighted by molar-refractivity contribution is 9.10. The van der Waals surface area contributed by atoms with Crippen LogP contribution in [0.3, 0.4) is 0 Å². The number of phenolic OH excluding ortho intramolecular Hbond substituents is 1. The minimum Gasteiger partial charge on any atom is -0.508 e. The van der Waals surface area contributed by atoms with Crippen molar-refractivity contribution in [3.8, 4) is 5.75 Å². The molecule has 76 valence electrons. The molecule has 0 heterocycles. The number of carboxylic acid groups (broad SMARTS) is 1. The molecule has 0 radical (unpaired) electrons. The number of aliphatic hydroxyl groups is 1. The second-order valence-corrected chi connectivity index (χ2v) is 3.33. The van der Waals surface area contributed by atoms with Gasteiger partial charge in [-0.3, -0.25) is 0 Å². The number of halogens is 2. The molecule has 1 atom stereocenters. The molecule has 0 spiro atoms. The number of aliphatic carboxylic acids is 1. The number of carboxylic acids is 1. The third kappa shape index (κ3) is 1.85. The number of hydrogen-bond acceptors (Lipinski definition) is 3. The Morgan fingerprint density at radius 1 is 1.50 bits per heavy atom. The van der Waals surface area contributed by atoms with Gasteiger partial charge in [0.05, 0.1) is 10.0 Å². The zero-order chi connectivity index (χ0) is 10.9. The van der Waals surface area contributed by atoms with Gasteiger partial charge in [0.15, 0.2) is 6.10 Å². The summed E-state index contributed by atoms with van der Waals surface area (Å²) < 4.78 is 12.7. The molecular weight excluding hydrogens is 259 g/mol. The molecular formula is C8H6BrFO4. The van der Waals surface area contributed by atoms with Crippen LogP contribution in [0.15, 0.2) is 16.6 Å². The van der Waals surface area contributed by atoms with Gasteiger partial charge in [0.1, 0.15) is 11.6 Å². The van der Waals surface area contributed by atoms with Gasteiger partial charge in [0.2, 0.25) is 0 Å². The lowest BCUT2D eigenvalue weighted by Gasteiger charge is -2.10. The predicted octanol–water partition coefficient (Wildman–Crippen LogP) is 1.41. The first-order chi connectivity index (χ1) is 6.45. The fraction of sp³-hybridized carbons (Fsp3) is 0.125. The molecule has 0 aliphatic rings. The number of hydrogen-bond donors (Lipinski definition) is 3. The molecule has 4 nitrogen and oxygen atoms in total. The van der Waals surface area contributed by atoms with Crippen LogP contribution in [-0.2, 0) is 4.79 Å². The van der Waals surface area contributed by atoms with E-state index >= 15 is 0 Å². The maximum atomic E-state index is 12.9. The fourth-order valence-corrected chi connectivity index (χ4v) is 1.49. The molecule has 0 aliphatic carbocycles. The van der Waals surface area contributed by atoms with Crippen LogP contribution in [0.2, 0.25) is 0 Å². The number of phenols is 1. The topological polar surface area (TPSA) is 77.8 Å². The van der Waals surface area contributed by atoms with Crippen molar-refractivity contribution in [1.82, 2.24) is 0 Å². The summed E-state index contributed by atoms with van der Waals surface area (Å²) in [5, 5.41) is 26.8. The SMILES string of the molecule is O=C(O)C(O)c1c(O)ccc(F)c1Br. The van der Waals surface area contributed by atoms with Crippen molar-refractivity contribution in [2.24, 2.45) is 0 Å². The molecule has 1 aromatic carbocycles. The van der Waals surface area contributed by atoms with Gasteiger partial charge in [-0.15, -0.1) is 0 Å². The highest BCUT2D eigenvalue weighted by atomic mass is 79.9. The van der Waals surface area contributed by atoms with E-state index in [1.54, 1.807) is 0 Å². The summed E-state index contributed by atoms with van der Waals surface area (Å²) in [7, 11) is 0. The largest absolute Gasteiger partial charge is 0.508 e. The summed E-state index contributed by atoms with van der Waals surface area (Å²) in [6, 6.07) is 1.93. The molecule has 0 aromatic heterocycles. The van der Waals surface area contributed by atoms with E-state index in [9.17, 15) is 14.3 Å². The molecule has 0 saturated carbocycles. The number of aromatic hydroxyl groups is 1. The Morgan fingerprint density at radius 3 is 2.57 bits per heavy atom. The van der Waals surface area contributed by atoms with Crippen molar-refractivity contribution in [2.75, 3.05) is 0 Å². The van der Waals surface area contributed by atoms with E-state index in [-0.39, 0.29) is 4.47 Å². The second kappa shape index (κ2) is 3.93. The Hall–Kier alpha value is -1.14. The van der Waals surface area contributed by atoms with Crippen molar-refractivity contribution in [1.29, 1.82) is 0 Å². The molecule has 0 fully saturated rings. The van der Waals surface area contributed by atoms with E-state index in [1.165, 1.54) is 0 Å². The molecule has 1 rings (SSSR count). The van der Waals surface area contributed by atoms with E-state index in [2.05, 4.69) is 15.9 Å². The second-order valence-electron chi connectivity index (χ2n) is 2.53. The van der Waals surface area contributed by atoms with Crippen LogP contribution in [0.5, 0.6) is 5.75 Å². The van der Waals surface area contributed by atoms with Crippen LogP contribution in [-0.4, -0.2) is 21.3 Å². The van der Waals surface area contributed by atoms with Crippen LogP contribution in [0.1, 0.15) is 11.7 Å². The highest BCUT2D eigenvalue weighted by Crippen LogP contribution is 2.33. The summed E-state index contributed by atoms with van der Waals surface area (Å²) in [6.45, 7) is 0. The monoisotopic (exact) mass is 264 g/mol. The van der Waals surface area contributed by atoms with E-state index in [1.807, 2.05) is 0 Å². The summed E-state index contributed by atoms with van der Waals surface area (Å²) in [6.07, 6.45) is -1.96. The summed E-state index contributed by atoms with van der Waals surface area (Å²) in [4.78, 5) is 10.4. The van der Waals surface area contributed by atoms with Crippen LogP contribution >= 0.6 is 15.9 Å². The quantitative estimate of drug-likeness (QED) is 0.755. The molecule has 6 heteroatoms. The van der Waals surface area contributed by atoms with Gasteiger partial charge in [-0.2, -0.15) is 0 Å². The van der Waals surface area contributed by atoms with Gasteiger partial charge in [-0.25, -0.2) is 9.18 Å². The third-order valence-corrected chi connectivity index (χ3v) is 2.42. The summed E-state index contributed by atoms with van der Waals surface area (Å²) >= 11 is 2.74. The maximum absolute atomic E-state index is 12.9. The Kier molecular flexibility index (Phi) is 3.07. The zero-order valence-corrected chi connectivity index (χ0v) is 8.32. The van der Waals surface area contributed by atoms with Gasteiger partial charge < -0.3 is 15.3 Å². The van der Waals surface area contributed by atoms with Crippen LogP contribution in [0.4, 0.5) is 4.39 Å². The van der Waals surface area contributed by atoms with E-state index < -0.39 is 29.2 Å². The van der Waals surface area contributed by atoms with Crippen molar-refractivity contribution in [3.63, 3.8) is 0 Å². The third-order valence-electron chi connectivity index (χ3n) is 1.62. The first-order valence-electron chi connectivity index (χ1n) is 3.53. The Labute approximate surface area is 86.7 Å². The summed E-state index contributed by atoms with van der Waals surface area (Å²) in [5.41, 5.74) is -0.391. The van der Waals surface area contributed by atoms with Gasteiger partial charge in [0.25, 0.3) is 0 Å². The predicted molar refractivity (Wildman–Crippen MR) is 48.4 cm³/mol. The Balaban J connectivity index is 3.32. The van der Waals surface area contributed by atoms with Crippen LogP contribution < -0.4 is 0 Å². The first-order valence-corrected chi connectivity index (χ1v) is 4.32. The molecule has 0 aliphatic heterocycles. The minimum atomic E-state index is -1.96. The smallest absolute Gasteiger partial charge is 0.337 e. The Bertz CT molecular complexity index is 380. The highest BCUT2D eigenvalue weighted by Gasteiger charge is 2.24. The van der Waals surface area contributed by atoms with Crippen LogP contribution in [0.25, 0.3) is 0 Å². The molecule has 3 N–H and O–H groups in total. The molecule has 1 unspecified atom stereocenters. The average molecular weight is 265 g/mol. The maximum Gasteiger partial charge on any atom is 0.337 e. The van der Waals surface area contributed by atoms with Crippen molar-refractivity contribution in [2.45, 2.75) is 6.10 Å². The number of carbonyl (C=O) groups is 1. The number of aliphatic hydroxyl groups excluding tert-OH is 1. The molecule has 1 aromatic rings. The van der Waals surface area contributed by atoms with E-state index in [4.69, 9.17) is 10.2 Å². The number of rotatable bonds is 2. The van der Waals surface area contributed by atoms with Gasteiger partial charge in [-0.1, -0.05) is 0 Å². The zero-order valence-electron chi connectivity index (χ0n) is 6.74. The summed E-state index contributed by atoms with van der Waals surface area (Å²) in [5.74, 6) is -2.79. The van der Waals surface area contributed by atoms with Crippen LogP contribution in [0, 0.1) is 5.82 Å². The first kappa shape index (κ1) is 10.9. The van der Waals surface area contributed by atoms with Crippen molar-refractivity contribution < 1.29 is 24.5 Å². The minimum absolute atomic E-state index is 0.257. The lowest BCUT2D eigenvalue weighted by Crippen LogP contribution is -2.11. The molecule has 0 amide bonds.